The monoisotopic (exact) mass is 448 g/mol. The topological polar surface area (TPSA) is 92.3 Å². The molecule has 0 saturated heterocycles. The first-order valence-corrected chi connectivity index (χ1v) is 11.5. The molecular weight excluding hydrogens is 424 g/mol. The predicted molar refractivity (Wildman–Crippen MR) is 118 cm³/mol. The molecule has 0 spiro atoms. The van der Waals surface area contributed by atoms with E-state index in [1.165, 1.54) is 0 Å². The number of hydrogen-bond donors (Lipinski definition) is 1. The van der Waals surface area contributed by atoms with Gasteiger partial charge in [-0.05, 0) is 24.1 Å². The molecule has 3 rings (SSSR count). The summed E-state index contributed by atoms with van der Waals surface area (Å²) < 4.78 is 12.6. The van der Waals surface area contributed by atoms with E-state index in [1.807, 2.05) is 19.1 Å². The number of aromatic nitrogens is 2. The molecule has 1 aliphatic rings. The van der Waals surface area contributed by atoms with Crippen molar-refractivity contribution < 1.29 is 13.8 Å². The lowest BCUT2D eigenvalue weighted by molar-refractivity contribution is -0.123. The van der Waals surface area contributed by atoms with Crippen LogP contribution in [0, 0.1) is 5.41 Å². The Hall–Kier alpha value is -2.32. The normalized spacial score (nSPS) is 14.6. The zero-order valence-electron chi connectivity index (χ0n) is 17.5. The number of amides is 2. The van der Waals surface area contributed by atoms with Gasteiger partial charge in [0.1, 0.15) is 11.6 Å². The molecule has 2 aromatic rings. The van der Waals surface area contributed by atoms with Crippen LogP contribution < -0.4 is 10.2 Å². The summed E-state index contributed by atoms with van der Waals surface area (Å²) >= 11 is 5.95. The molecule has 30 heavy (non-hydrogen) atoms. The van der Waals surface area contributed by atoms with Gasteiger partial charge in [0.25, 0.3) is 0 Å². The van der Waals surface area contributed by atoms with E-state index in [1.54, 1.807) is 37.8 Å². The highest BCUT2D eigenvalue weighted by Crippen LogP contribution is 2.34. The van der Waals surface area contributed by atoms with E-state index in [0.29, 0.717) is 35.1 Å². The number of nitrogens with one attached hydrogen (secondary N) is 1. The van der Waals surface area contributed by atoms with Crippen LogP contribution in [0.3, 0.4) is 0 Å². The van der Waals surface area contributed by atoms with Crippen LogP contribution in [0.4, 0.5) is 11.6 Å². The van der Waals surface area contributed by atoms with E-state index in [2.05, 4.69) is 15.3 Å². The fraction of sp³-hybridized carbons (Fsp3) is 0.429. The molecule has 0 bridgehead atoms. The first-order chi connectivity index (χ1) is 14.1. The Bertz CT molecular complexity index is 1000. The zero-order valence-corrected chi connectivity index (χ0v) is 19.1. The number of rotatable bonds is 6. The van der Waals surface area contributed by atoms with Crippen molar-refractivity contribution in [2.45, 2.75) is 52.2 Å². The van der Waals surface area contributed by atoms with Gasteiger partial charge in [-0.2, -0.15) is 0 Å². The van der Waals surface area contributed by atoms with Crippen molar-refractivity contribution in [3.8, 4) is 0 Å². The van der Waals surface area contributed by atoms with Crippen LogP contribution in [0.5, 0.6) is 0 Å². The lowest BCUT2D eigenvalue weighted by atomic mass is 9.95. The average molecular weight is 449 g/mol. The van der Waals surface area contributed by atoms with Crippen molar-refractivity contribution in [3.05, 3.63) is 40.4 Å². The maximum Gasteiger partial charge on any atom is 0.233 e. The molecule has 160 valence electrons. The van der Waals surface area contributed by atoms with Crippen molar-refractivity contribution in [3.63, 3.8) is 0 Å². The first kappa shape index (κ1) is 22.4. The Morgan fingerprint density at radius 2 is 1.90 bits per heavy atom. The SMILES string of the molecule is CCCS(=O)c1nc(NC(=O)C(C)(C)C)c2c(n1)N(Cc1ccc(Cl)cc1)C(=O)C2. The van der Waals surface area contributed by atoms with Gasteiger partial charge in [0.05, 0.1) is 23.8 Å². The summed E-state index contributed by atoms with van der Waals surface area (Å²) in [6, 6.07) is 7.20. The van der Waals surface area contributed by atoms with Gasteiger partial charge >= 0.3 is 0 Å². The molecule has 0 saturated carbocycles. The van der Waals surface area contributed by atoms with Crippen LogP contribution in [0.25, 0.3) is 0 Å². The third-order valence-corrected chi connectivity index (χ3v) is 6.23. The second-order valence-electron chi connectivity index (χ2n) is 8.19. The standard InChI is InChI=1S/C21H25ClN4O3S/c1-5-10-30(29)20-24-17(23-19(28)21(2,3)4)15-11-16(27)26(18(15)25-20)12-13-6-8-14(22)9-7-13/h6-9H,5,10-12H2,1-4H3,(H,23,24,25,28). The van der Waals surface area contributed by atoms with Crippen molar-refractivity contribution >= 4 is 45.9 Å². The summed E-state index contributed by atoms with van der Waals surface area (Å²) in [5, 5.41) is 3.54. The molecule has 1 unspecified atom stereocenters. The largest absolute Gasteiger partial charge is 0.310 e. The van der Waals surface area contributed by atoms with Crippen molar-refractivity contribution in [2.75, 3.05) is 16.0 Å². The maximum atomic E-state index is 12.8. The highest BCUT2D eigenvalue weighted by Gasteiger charge is 2.34. The van der Waals surface area contributed by atoms with Gasteiger partial charge in [0.2, 0.25) is 17.0 Å². The Labute approximate surface area is 183 Å². The number of halogens is 1. The van der Waals surface area contributed by atoms with E-state index in [-0.39, 0.29) is 29.2 Å². The molecule has 1 atom stereocenters. The van der Waals surface area contributed by atoms with Gasteiger partial charge in [0.15, 0.2) is 0 Å². The lowest BCUT2D eigenvalue weighted by Gasteiger charge is -2.20. The second-order valence-corrected chi connectivity index (χ2v) is 10.1. The summed E-state index contributed by atoms with van der Waals surface area (Å²) in [7, 11) is -1.43. The van der Waals surface area contributed by atoms with Gasteiger partial charge in [-0.3, -0.25) is 18.7 Å². The maximum absolute atomic E-state index is 12.8. The Kier molecular flexibility index (Phi) is 6.57. The van der Waals surface area contributed by atoms with E-state index >= 15 is 0 Å². The molecule has 1 N–H and O–H groups in total. The van der Waals surface area contributed by atoms with Crippen LogP contribution in [0.15, 0.2) is 29.4 Å². The number of benzene rings is 1. The van der Waals surface area contributed by atoms with Crippen LogP contribution in [-0.2, 0) is 33.4 Å². The molecule has 0 radical (unpaired) electrons. The molecule has 1 aromatic heterocycles. The second kappa shape index (κ2) is 8.81. The summed E-state index contributed by atoms with van der Waals surface area (Å²) in [5.41, 5.74) is 0.783. The zero-order chi connectivity index (χ0) is 22.1. The van der Waals surface area contributed by atoms with Crippen molar-refractivity contribution in [2.24, 2.45) is 5.41 Å². The van der Waals surface area contributed by atoms with Crippen LogP contribution in [-0.4, -0.2) is 31.7 Å². The summed E-state index contributed by atoms with van der Waals surface area (Å²) in [6.07, 6.45) is 0.771. The quantitative estimate of drug-likeness (QED) is 0.680. The van der Waals surface area contributed by atoms with E-state index < -0.39 is 16.2 Å². The van der Waals surface area contributed by atoms with Gasteiger partial charge in [-0.15, -0.1) is 0 Å². The third-order valence-electron chi connectivity index (χ3n) is 4.61. The molecule has 7 nitrogen and oxygen atoms in total. The average Bonchev–Trinajstić information content (AvgIpc) is 2.98. The third kappa shape index (κ3) is 4.87. The lowest BCUT2D eigenvalue weighted by Crippen LogP contribution is -2.29. The highest BCUT2D eigenvalue weighted by molar-refractivity contribution is 7.84. The van der Waals surface area contributed by atoms with Gasteiger partial charge in [0, 0.05) is 21.8 Å². The molecule has 1 aromatic carbocycles. The Balaban J connectivity index is 2.03. The minimum atomic E-state index is -1.43. The molecule has 2 heterocycles. The molecule has 1 aliphatic heterocycles. The number of fused-ring (bicyclic) bond motifs is 1. The van der Waals surface area contributed by atoms with Crippen LogP contribution >= 0.6 is 11.6 Å². The summed E-state index contributed by atoms with van der Waals surface area (Å²) in [4.78, 5) is 35.7. The fourth-order valence-corrected chi connectivity index (χ4v) is 3.98. The number of carbonyl (C=O) groups is 2. The van der Waals surface area contributed by atoms with E-state index in [0.717, 1.165) is 5.56 Å². The highest BCUT2D eigenvalue weighted by atomic mass is 35.5. The molecule has 0 aliphatic carbocycles. The minimum Gasteiger partial charge on any atom is -0.310 e. The minimum absolute atomic E-state index is 0.0728. The van der Waals surface area contributed by atoms with Gasteiger partial charge < -0.3 is 5.32 Å². The number of anilines is 2. The fourth-order valence-electron chi connectivity index (χ4n) is 2.92. The number of nitrogens with zero attached hydrogens (tertiary/aromatic N) is 3. The number of hydrogen-bond acceptors (Lipinski definition) is 5. The van der Waals surface area contributed by atoms with Gasteiger partial charge in [-0.25, -0.2) is 9.97 Å². The summed E-state index contributed by atoms with van der Waals surface area (Å²) in [6.45, 7) is 7.59. The Morgan fingerprint density at radius 3 is 2.50 bits per heavy atom. The molecular formula is C21H25ClN4O3S. The molecule has 2 amide bonds. The van der Waals surface area contributed by atoms with E-state index in [9.17, 15) is 13.8 Å². The number of carbonyl (C=O) groups excluding carboxylic acids is 2. The smallest absolute Gasteiger partial charge is 0.233 e. The van der Waals surface area contributed by atoms with E-state index in [4.69, 9.17) is 11.6 Å². The van der Waals surface area contributed by atoms with Crippen LogP contribution in [0.1, 0.15) is 45.2 Å². The van der Waals surface area contributed by atoms with Crippen molar-refractivity contribution in [1.82, 2.24) is 9.97 Å². The Morgan fingerprint density at radius 1 is 1.23 bits per heavy atom. The van der Waals surface area contributed by atoms with Crippen molar-refractivity contribution in [1.29, 1.82) is 0 Å². The van der Waals surface area contributed by atoms with Crippen LogP contribution in [0.2, 0.25) is 5.02 Å². The molecule has 9 heteroatoms. The predicted octanol–water partition coefficient (Wildman–Crippen LogP) is 3.72. The van der Waals surface area contributed by atoms with Gasteiger partial charge in [-0.1, -0.05) is 51.4 Å². The summed E-state index contributed by atoms with van der Waals surface area (Å²) in [5.74, 6) is 0.662. The first-order valence-electron chi connectivity index (χ1n) is 9.75. The molecule has 0 fully saturated rings.